The van der Waals surface area contributed by atoms with Crippen molar-refractivity contribution in [2.24, 2.45) is 0 Å². The van der Waals surface area contributed by atoms with Crippen LogP contribution in [-0.2, 0) is 6.42 Å². The lowest BCUT2D eigenvalue weighted by Crippen LogP contribution is -2.13. The molecule has 0 bridgehead atoms. The molecule has 2 aromatic carbocycles. The number of hydrogen-bond donors (Lipinski definition) is 2. The fourth-order valence-electron chi connectivity index (χ4n) is 2.39. The molecule has 4 nitrogen and oxygen atoms in total. The van der Waals surface area contributed by atoms with Crippen LogP contribution < -0.4 is 10.6 Å². The summed E-state index contributed by atoms with van der Waals surface area (Å²) in [7, 11) is 0. The Bertz CT molecular complexity index is 835. The number of nitrogens with one attached hydrogen (secondary N) is 2. The SMILES string of the molecule is O=C(Nc1ccc(Br)cc1)c1cncc(NCCc2ccccc2)c1. The second-order valence-electron chi connectivity index (χ2n) is 5.59. The average Bonchev–Trinajstić information content (AvgIpc) is 2.65. The van der Waals surface area contributed by atoms with E-state index in [9.17, 15) is 4.79 Å². The van der Waals surface area contributed by atoms with Gasteiger partial charge in [0.25, 0.3) is 5.91 Å². The third-order valence-corrected chi connectivity index (χ3v) is 4.22. The van der Waals surface area contributed by atoms with Crippen LogP contribution in [0.2, 0.25) is 0 Å². The maximum absolute atomic E-state index is 12.4. The van der Waals surface area contributed by atoms with E-state index in [1.807, 2.05) is 48.5 Å². The lowest BCUT2D eigenvalue weighted by atomic mass is 10.1. The van der Waals surface area contributed by atoms with Gasteiger partial charge in [-0.3, -0.25) is 9.78 Å². The second-order valence-corrected chi connectivity index (χ2v) is 6.50. The monoisotopic (exact) mass is 395 g/mol. The van der Waals surface area contributed by atoms with Crippen LogP contribution in [-0.4, -0.2) is 17.4 Å². The molecule has 1 heterocycles. The molecule has 0 fully saturated rings. The topological polar surface area (TPSA) is 54.0 Å². The zero-order valence-corrected chi connectivity index (χ0v) is 15.2. The molecule has 0 aliphatic heterocycles. The van der Waals surface area contributed by atoms with Crippen molar-refractivity contribution >= 4 is 33.2 Å². The van der Waals surface area contributed by atoms with E-state index in [0.717, 1.165) is 28.8 Å². The maximum Gasteiger partial charge on any atom is 0.257 e. The van der Waals surface area contributed by atoms with Gasteiger partial charge >= 0.3 is 0 Å². The van der Waals surface area contributed by atoms with Crippen molar-refractivity contribution in [2.45, 2.75) is 6.42 Å². The zero-order valence-electron chi connectivity index (χ0n) is 13.6. The molecular weight excluding hydrogens is 378 g/mol. The zero-order chi connectivity index (χ0) is 17.5. The Kier molecular flexibility index (Phi) is 5.80. The van der Waals surface area contributed by atoms with E-state index in [2.05, 4.69) is 43.7 Å². The molecule has 0 aliphatic carbocycles. The van der Waals surface area contributed by atoms with Gasteiger partial charge in [0.1, 0.15) is 0 Å². The molecule has 0 saturated heterocycles. The standard InChI is InChI=1S/C20H18BrN3O/c21-17-6-8-18(9-7-17)24-20(25)16-12-19(14-22-13-16)23-11-10-15-4-2-1-3-5-15/h1-9,12-14,23H,10-11H2,(H,24,25). The minimum atomic E-state index is -0.179. The number of halogens is 1. The van der Waals surface area contributed by atoms with Crippen molar-refractivity contribution in [1.82, 2.24) is 4.98 Å². The molecule has 25 heavy (non-hydrogen) atoms. The Hall–Kier alpha value is -2.66. The number of carbonyl (C=O) groups excluding carboxylic acids is 1. The van der Waals surface area contributed by atoms with Crippen LogP contribution in [0.5, 0.6) is 0 Å². The van der Waals surface area contributed by atoms with Gasteiger partial charge in [0.05, 0.1) is 11.3 Å². The highest BCUT2D eigenvalue weighted by Gasteiger charge is 2.07. The summed E-state index contributed by atoms with van der Waals surface area (Å²) in [5.74, 6) is -0.179. The molecule has 3 aromatic rings. The van der Waals surface area contributed by atoms with E-state index in [1.54, 1.807) is 12.4 Å². The minimum absolute atomic E-state index is 0.179. The molecule has 126 valence electrons. The summed E-state index contributed by atoms with van der Waals surface area (Å²) in [6, 6.07) is 19.5. The molecule has 0 unspecified atom stereocenters. The quantitative estimate of drug-likeness (QED) is 0.632. The van der Waals surface area contributed by atoms with Crippen molar-refractivity contribution in [3.63, 3.8) is 0 Å². The van der Waals surface area contributed by atoms with Crippen LogP contribution >= 0.6 is 15.9 Å². The van der Waals surface area contributed by atoms with Gasteiger partial charge in [0, 0.05) is 29.1 Å². The molecule has 0 saturated carbocycles. The molecule has 0 atom stereocenters. The van der Waals surface area contributed by atoms with Gasteiger partial charge in [0.2, 0.25) is 0 Å². The Morgan fingerprint density at radius 2 is 1.72 bits per heavy atom. The fraction of sp³-hybridized carbons (Fsp3) is 0.100. The van der Waals surface area contributed by atoms with Gasteiger partial charge in [-0.05, 0) is 42.3 Å². The fourth-order valence-corrected chi connectivity index (χ4v) is 2.66. The van der Waals surface area contributed by atoms with Crippen LogP contribution in [0, 0.1) is 0 Å². The first kappa shape index (κ1) is 17.2. The first-order valence-corrected chi connectivity index (χ1v) is 8.80. The second kappa shape index (κ2) is 8.44. The highest BCUT2D eigenvalue weighted by Crippen LogP contribution is 2.16. The molecule has 0 radical (unpaired) electrons. The molecule has 0 spiro atoms. The van der Waals surface area contributed by atoms with Crippen molar-refractivity contribution in [3.05, 3.63) is 88.7 Å². The average molecular weight is 396 g/mol. The first-order valence-electron chi connectivity index (χ1n) is 8.00. The molecule has 0 aliphatic rings. The van der Waals surface area contributed by atoms with Gasteiger partial charge in [0.15, 0.2) is 0 Å². The molecule has 3 rings (SSSR count). The lowest BCUT2D eigenvalue weighted by Gasteiger charge is -2.09. The Labute approximate surface area is 155 Å². The number of rotatable bonds is 6. The van der Waals surface area contributed by atoms with E-state index in [4.69, 9.17) is 0 Å². The number of amides is 1. The third-order valence-electron chi connectivity index (χ3n) is 3.69. The Balaban J connectivity index is 1.58. The van der Waals surface area contributed by atoms with Crippen LogP contribution in [0.3, 0.4) is 0 Å². The number of pyridine rings is 1. The number of anilines is 2. The van der Waals surface area contributed by atoms with E-state index in [-0.39, 0.29) is 5.91 Å². The summed E-state index contributed by atoms with van der Waals surface area (Å²) in [4.78, 5) is 16.5. The summed E-state index contributed by atoms with van der Waals surface area (Å²) in [5.41, 5.74) is 3.37. The van der Waals surface area contributed by atoms with Crippen molar-refractivity contribution in [3.8, 4) is 0 Å². The van der Waals surface area contributed by atoms with Gasteiger partial charge in [-0.2, -0.15) is 0 Å². The largest absolute Gasteiger partial charge is 0.383 e. The normalized spacial score (nSPS) is 10.3. The maximum atomic E-state index is 12.4. The minimum Gasteiger partial charge on any atom is -0.383 e. The molecule has 1 aromatic heterocycles. The molecule has 1 amide bonds. The van der Waals surface area contributed by atoms with E-state index < -0.39 is 0 Å². The van der Waals surface area contributed by atoms with Crippen molar-refractivity contribution in [1.29, 1.82) is 0 Å². The highest BCUT2D eigenvalue weighted by atomic mass is 79.9. The summed E-state index contributed by atoms with van der Waals surface area (Å²) >= 11 is 3.38. The third kappa shape index (κ3) is 5.16. The highest BCUT2D eigenvalue weighted by molar-refractivity contribution is 9.10. The lowest BCUT2D eigenvalue weighted by molar-refractivity contribution is 0.102. The summed E-state index contributed by atoms with van der Waals surface area (Å²) < 4.78 is 0.969. The summed E-state index contributed by atoms with van der Waals surface area (Å²) in [6.45, 7) is 0.781. The van der Waals surface area contributed by atoms with Gasteiger partial charge < -0.3 is 10.6 Å². The molecule has 5 heteroatoms. The number of benzene rings is 2. The van der Waals surface area contributed by atoms with Crippen LogP contribution in [0.4, 0.5) is 11.4 Å². The van der Waals surface area contributed by atoms with Crippen LogP contribution in [0.25, 0.3) is 0 Å². The van der Waals surface area contributed by atoms with E-state index >= 15 is 0 Å². The van der Waals surface area contributed by atoms with Gasteiger partial charge in [-0.1, -0.05) is 46.3 Å². The summed E-state index contributed by atoms with van der Waals surface area (Å²) in [6.07, 6.45) is 4.20. The summed E-state index contributed by atoms with van der Waals surface area (Å²) in [5, 5.41) is 6.18. The predicted molar refractivity (Wildman–Crippen MR) is 105 cm³/mol. The van der Waals surface area contributed by atoms with Gasteiger partial charge in [-0.15, -0.1) is 0 Å². The number of aromatic nitrogens is 1. The number of hydrogen-bond acceptors (Lipinski definition) is 3. The molecular formula is C20H18BrN3O. The predicted octanol–water partition coefficient (Wildman–Crippen LogP) is 4.75. The van der Waals surface area contributed by atoms with E-state index in [0.29, 0.717) is 5.56 Å². The van der Waals surface area contributed by atoms with Crippen LogP contribution in [0.15, 0.2) is 77.5 Å². The smallest absolute Gasteiger partial charge is 0.257 e. The van der Waals surface area contributed by atoms with Crippen molar-refractivity contribution < 1.29 is 4.79 Å². The van der Waals surface area contributed by atoms with E-state index in [1.165, 1.54) is 5.56 Å². The molecule has 2 N–H and O–H groups in total. The Morgan fingerprint density at radius 3 is 2.48 bits per heavy atom. The Morgan fingerprint density at radius 1 is 0.960 bits per heavy atom. The van der Waals surface area contributed by atoms with Crippen molar-refractivity contribution in [2.75, 3.05) is 17.2 Å². The first-order chi connectivity index (χ1) is 12.2. The number of carbonyl (C=O) groups is 1. The van der Waals surface area contributed by atoms with Gasteiger partial charge in [-0.25, -0.2) is 0 Å². The van der Waals surface area contributed by atoms with Crippen LogP contribution in [0.1, 0.15) is 15.9 Å². The number of nitrogens with zero attached hydrogens (tertiary/aromatic N) is 1.